The van der Waals surface area contributed by atoms with Gasteiger partial charge in [-0.3, -0.25) is 0 Å². The molecule has 0 aliphatic rings. The van der Waals surface area contributed by atoms with Gasteiger partial charge in [-0.05, 0) is 64.8 Å². The van der Waals surface area contributed by atoms with Gasteiger partial charge in [-0.15, -0.1) is 0 Å². The van der Waals surface area contributed by atoms with Gasteiger partial charge in [0.1, 0.15) is 0 Å². The molecule has 0 atom stereocenters. The third-order valence-electron chi connectivity index (χ3n) is 5.53. The molecule has 0 fully saturated rings. The van der Waals surface area contributed by atoms with Crippen LogP contribution in [0, 0.1) is 0 Å². The van der Waals surface area contributed by atoms with Crippen molar-refractivity contribution >= 4 is 34.6 Å². The number of benzene rings is 4. The molecule has 156 valence electrons. The molecule has 0 amide bonds. The van der Waals surface area contributed by atoms with Crippen LogP contribution in [0.5, 0.6) is 0 Å². The summed E-state index contributed by atoms with van der Waals surface area (Å²) in [4.78, 5) is 0. The largest absolute Gasteiger partial charge is 0.397 e. The Morgan fingerprint density at radius 2 is 0.774 bits per heavy atom. The Kier molecular flexibility index (Phi) is 6.50. The van der Waals surface area contributed by atoms with Crippen LogP contribution in [-0.4, -0.2) is 0 Å². The van der Waals surface area contributed by atoms with Gasteiger partial charge in [0.25, 0.3) is 0 Å². The summed E-state index contributed by atoms with van der Waals surface area (Å²) >= 11 is 12.3. The van der Waals surface area contributed by atoms with Crippen LogP contribution < -0.4 is 11.5 Å². The highest BCUT2D eigenvalue weighted by molar-refractivity contribution is 6.33. The molecular weight excluding hydrogens is 423 g/mol. The normalized spacial score (nSPS) is 10.9. The van der Waals surface area contributed by atoms with Gasteiger partial charge >= 0.3 is 0 Å². The topological polar surface area (TPSA) is 52.0 Å². The second kappa shape index (κ2) is 9.47. The minimum atomic E-state index is 0.607. The molecule has 0 saturated heterocycles. The number of nitrogens with two attached hydrogens (primary N) is 2. The highest BCUT2D eigenvalue weighted by atomic mass is 35.5. The molecule has 2 nitrogen and oxygen atoms in total. The highest BCUT2D eigenvalue weighted by Gasteiger charge is 2.06. The summed E-state index contributed by atoms with van der Waals surface area (Å²) in [5.41, 5.74) is 20.6. The number of halogens is 2. The third kappa shape index (κ3) is 5.22. The summed E-state index contributed by atoms with van der Waals surface area (Å²) in [6.07, 6.45) is 2.43. The minimum Gasteiger partial charge on any atom is -0.397 e. The van der Waals surface area contributed by atoms with Crippen LogP contribution >= 0.6 is 23.2 Å². The van der Waals surface area contributed by atoms with Gasteiger partial charge in [0.2, 0.25) is 0 Å². The van der Waals surface area contributed by atoms with Crippen LogP contribution in [0.15, 0.2) is 84.9 Å². The smallest absolute Gasteiger partial charge is 0.0638 e. The first-order valence-electron chi connectivity index (χ1n) is 10.2. The van der Waals surface area contributed by atoms with Crippen molar-refractivity contribution in [3.8, 4) is 0 Å². The molecule has 4 rings (SSSR count). The first-order valence-corrected chi connectivity index (χ1v) is 11.0. The summed E-state index contributed by atoms with van der Waals surface area (Å²) in [6.45, 7) is 0. The fourth-order valence-corrected chi connectivity index (χ4v) is 4.09. The molecule has 0 heterocycles. The summed E-state index contributed by atoms with van der Waals surface area (Å²) in [7, 11) is 0. The number of hydrogen-bond acceptors (Lipinski definition) is 2. The number of para-hydroxylation sites is 2. The second-order valence-electron chi connectivity index (χ2n) is 7.79. The van der Waals surface area contributed by atoms with Gasteiger partial charge in [0, 0.05) is 0 Å². The minimum absolute atomic E-state index is 0.607. The summed E-state index contributed by atoms with van der Waals surface area (Å²) in [6, 6.07) is 28.9. The van der Waals surface area contributed by atoms with Crippen molar-refractivity contribution in [2.24, 2.45) is 0 Å². The fraction of sp³-hybridized carbons (Fsp3) is 0.111. The zero-order valence-electron chi connectivity index (χ0n) is 17.1. The molecule has 4 aromatic carbocycles. The Morgan fingerprint density at radius 1 is 0.452 bits per heavy atom. The van der Waals surface area contributed by atoms with Gasteiger partial charge in [-0.1, -0.05) is 96.0 Å². The quantitative estimate of drug-likeness (QED) is 0.315. The standard InChI is InChI=1S/C27H24Cl2N2/c28-24-5-1-3-22(26(24)30)16-20-11-7-18(8-12-20)15-19-9-13-21(14-10-19)17-23-4-2-6-25(29)27(23)31/h1-14H,15-17,30-31H2. The maximum Gasteiger partial charge on any atom is 0.0638 e. The summed E-state index contributed by atoms with van der Waals surface area (Å²) in [5.74, 6) is 0. The SMILES string of the molecule is Nc1c(Cl)cccc1Cc1ccc(Cc2ccc(Cc3cccc(Cl)c3N)cc2)cc1. The Bertz CT molecular complexity index is 1090. The van der Waals surface area contributed by atoms with Gasteiger partial charge in [-0.2, -0.15) is 0 Å². The van der Waals surface area contributed by atoms with Crippen LogP contribution in [-0.2, 0) is 19.3 Å². The Hall–Kier alpha value is -2.94. The van der Waals surface area contributed by atoms with Crippen LogP contribution in [0.2, 0.25) is 10.0 Å². The molecular formula is C27H24Cl2N2. The highest BCUT2D eigenvalue weighted by Crippen LogP contribution is 2.26. The van der Waals surface area contributed by atoms with Crippen molar-refractivity contribution in [2.45, 2.75) is 19.3 Å². The van der Waals surface area contributed by atoms with Crippen molar-refractivity contribution in [3.63, 3.8) is 0 Å². The average Bonchev–Trinajstić information content (AvgIpc) is 2.77. The van der Waals surface area contributed by atoms with Gasteiger partial charge in [0.05, 0.1) is 21.4 Å². The number of rotatable bonds is 6. The van der Waals surface area contributed by atoms with Gasteiger partial charge in [0.15, 0.2) is 0 Å². The van der Waals surface area contributed by atoms with Crippen molar-refractivity contribution in [1.29, 1.82) is 0 Å². The first kappa shape index (κ1) is 21.3. The van der Waals surface area contributed by atoms with E-state index < -0.39 is 0 Å². The predicted octanol–water partition coefficient (Wildman–Crippen LogP) is 6.93. The lowest BCUT2D eigenvalue weighted by atomic mass is 9.98. The van der Waals surface area contributed by atoms with Crippen LogP contribution in [0.1, 0.15) is 33.4 Å². The lowest BCUT2D eigenvalue weighted by Gasteiger charge is -2.09. The molecule has 4 heteroatoms. The maximum absolute atomic E-state index is 6.13. The lowest BCUT2D eigenvalue weighted by Crippen LogP contribution is -1.97. The zero-order chi connectivity index (χ0) is 21.8. The van der Waals surface area contributed by atoms with E-state index in [2.05, 4.69) is 48.5 Å². The van der Waals surface area contributed by atoms with E-state index in [-0.39, 0.29) is 0 Å². The molecule has 0 spiro atoms. The van der Waals surface area contributed by atoms with Crippen molar-refractivity contribution in [2.75, 3.05) is 11.5 Å². The monoisotopic (exact) mass is 446 g/mol. The van der Waals surface area contributed by atoms with Crippen LogP contribution in [0.25, 0.3) is 0 Å². The van der Waals surface area contributed by atoms with Crippen molar-refractivity contribution < 1.29 is 0 Å². The van der Waals surface area contributed by atoms with E-state index in [0.29, 0.717) is 21.4 Å². The third-order valence-corrected chi connectivity index (χ3v) is 6.19. The zero-order valence-corrected chi connectivity index (χ0v) is 18.6. The Balaban J connectivity index is 1.40. The molecule has 0 unspecified atom stereocenters. The predicted molar refractivity (Wildman–Crippen MR) is 133 cm³/mol. The van der Waals surface area contributed by atoms with Gasteiger partial charge < -0.3 is 11.5 Å². The van der Waals surface area contributed by atoms with E-state index in [1.165, 1.54) is 22.3 Å². The van der Waals surface area contributed by atoms with Crippen LogP contribution in [0.3, 0.4) is 0 Å². The molecule has 0 aliphatic carbocycles. The van der Waals surface area contributed by atoms with Crippen molar-refractivity contribution in [3.05, 3.63) is 128 Å². The Morgan fingerprint density at radius 3 is 1.13 bits per heavy atom. The van der Waals surface area contributed by atoms with E-state index >= 15 is 0 Å². The molecule has 31 heavy (non-hydrogen) atoms. The number of anilines is 2. The number of hydrogen-bond donors (Lipinski definition) is 2. The molecule has 0 radical (unpaired) electrons. The van der Waals surface area contributed by atoms with E-state index in [4.69, 9.17) is 34.7 Å². The molecule has 0 aliphatic heterocycles. The molecule has 4 N–H and O–H groups in total. The van der Waals surface area contributed by atoms with Crippen molar-refractivity contribution in [1.82, 2.24) is 0 Å². The van der Waals surface area contributed by atoms with E-state index in [9.17, 15) is 0 Å². The van der Waals surface area contributed by atoms with Gasteiger partial charge in [-0.25, -0.2) is 0 Å². The fourth-order valence-electron chi connectivity index (χ4n) is 3.70. The Labute approximate surface area is 193 Å². The number of nitrogen functional groups attached to an aromatic ring is 2. The van der Waals surface area contributed by atoms with E-state index in [1.807, 2.05) is 36.4 Å². The van der Waals surface area contributed by atoms with E-state index in [0.717, 1.165) is 30.4 Å². The summed E-state index contributed by atoms with van der Waals surface area (Å²) < 4.78 is 0. The summed E-state index contributed by atoms with van der Waals surface area (Å²) in [5, 5.41) is 1.21. The van der Waals surface area contributed by atoms with E-state index in [1.54, 1.807) is 0 Å². The molecule has 0 saturated carbocycles. The molecule has 0 aromatic heterocycles. The average molecular weight is 447 g/mol. The molecule has 4 aromatic rings. The lowest BCUT2D eigenvalue weighted by molar-refractivity contribution is 1.14. The second-order valence-corrected chi connectivity index (χ2v) is 8.60. The maximum atomic E-state index is 6.13. The van der Waals surface area contributed by atoms with Crippen LogP contribution in [0.4, 0.5) is 11.4 Å². The first-order chi connectivity index (χ1) is 15.0. The molecule has 0 bridgehead atoms.